The number of anilines is 1. The lowest BCUT2D eigenvalue weighted by Gasteiger charge is -2.32. The molecule has 3 nitrogen and oxygen atoms in total. The van der Waals surface area contributed by atoms with Gasteiger partial charge in [0.1, 0.15) is 0 Å². The fraction of sp³-hybridized carbons (Fsp3) is 0.625. The molecule has 2 rings (SSSR count). The third-order valence-corrected chi connectivity index (χ3v) is 3.81. The van der Waals surface area contributed by atoms with Crippen molar-refractivity contribution in [2.24, 2.45) is 0 Å². The maximum Gasteiger partial charge on any atom is 0.0702 e. The number of rotatable bonds is 5. The van der Waals surface area contributed by atoms with Gasteiger partial charge >= 0.3 is 0 Å². The molecule has 1 aromatic carbocycles. The van der Waals surface area contributed by atoms with Gasteiger partial charge in [-0.2, -0.15) is 0 Å². The molecule has 0 spiro atoms. The lowest BCUT2D eigenvalue weighted by atomic mass is 10.1. The van der Waals surface area contributed by atoms with Crippen molar-refractivity contribution in [2.75, 3.05) is 18.9 Å². The minimum absolute atomic E-state index is 0.407. The van der Waals surface area contributed by atoms with E-state index in [0.717, 1.165) is 25.4 Å². The van der Waals surface area contributed by atoms with Crippen LogP contribution in [0.25, 0.3) is 0 Å². The van der Waals surface area contributed by atoms with Gasteiger partial charge < -0.3 is 10.5 Å². The van der Waals surface area contributed by atoms with E-state index in [4.69, 9.17) is 10.5 Å². The van der Waals surface area contributed by atoms with E-state index in [-0.39, 0.29) is 0 Å². The highest BCUT2D eigenvalue weighted by Crippen LogP contribution is 2.17. The molecular formula is C16H26N2O. The summed E-state index contributed by atoms with van der Waals surface area (Å²) in [4.78, 5) is 2.49. The molecule has 1 aliphatic rings. The van der Waals surface area contributed by atoms with Crippen molar-refractivity contribution in [1.29, 1.82) is 0 Å². The fourth-order valence-electron chi connectivity index (χ4n) is 2.53. The van der Waals surface area contributed by atoms with Crippen LogP contribution in [0.4, 0.5) is 5.69 Å². The van der Waals surface area contributed by atoms with E-state index >= 15 is 0 Å². The van der Waals surface area contributed by atoms with Crippen molar-refractivity contribution >= 4 is 5.69 Å². The molecule has 0 saturated carbocycles. The summed E-state index contributed by atoms with van der Waals surface area (Å²) in [6.07, 6.45) is 4.13. The number of benzene rings is 1. The summed E-state index contributed by atoms with van der Waals surface area (Å²) in [6.45, 7) is 7.43. The summed E-state index contributed by atoms with van der Waals surface area (Å²) < 4.78 is 5.85. The van der Waals surface area contributed by atoms with Crippen molar-refractivity contribution in [3.05, 3.63) is 29.8 Å². The Kier molecular flexibility index (Phi) is 5.23. The van der Waals surface area contributed by atoms with Crippen LogP contribution in [0.15, 0.2) is 24.3 Å². The number of hydrogen-bond acceptors (Lipinski definition) is 3. The van der Waals surface area contributed by atoms with Crippen molar-refractivity contribution < 1.29 is 4.74 Å². The van der Waals surface area contributed by atoms with Crippen molar-refractivity contribution in [3.8, 4) is 0 Å². The van der Waals surface area contributed by atoms with E-state index in [1.165, 1.54) is 24.8 Å². The summed E-state index contributed by atoms with van der Waals surface area (Å²) in [7, 11) is 0. The van der Waals surface area contributed by atoms with Gasteiger partial charge in [0.15, 0.2) is 0 Å². The van der Waals surface area contributed by atoms with Gasteiger partial charge in [-0.1, -0.05) is 12.1 Å². The third-order valence-electron chi connectivity index (χ3n) is 3.81. The van der Waals surface area contributed by atoms with Gasteiger partial charge in [0.25, 0.3) is 0 Å². The molecule has 1 saturated heterocycles. The molecule has 1 aromatic rings. The van der Waals surface area contributed by atoms with Crippen LogP contribution >= 0.6 is 0 Å². The standard InChI is InChI=1S/C16H26N2O/c1-13(2)18(12-16-5-3-4-10-19-16)11-14-6-8-15(17)9-7-14/h6-9,13,16H,3-5,10-12,17H2,1-2H3/t16-/m1/s1. The van der Waals surface area contributed by atoms with Gasteiger partial charge in [-0.3, -0.25) is 4.90 Å². The summed E-state index contributed by atoms with van der Waals surface area (Å²) in [5.74, 6) is 0. The predicted molar refractivity (Wildman–Crippen MR) is 80.0 cm³/mol. The Balaban J connectivity index is 1.93. The molecule has 0 unspecified atom stereocenters. The zero-order chi connectivity index (χ0) is 13.7. The summed E-state index contributed by atoms with van der Waals surface area (Å²) in [5.41, 5.74) is 7.88. The lowest BCUT2D eigenvalue weighted by molar-refractivity contribution is -0.0129. The van der Waals surface area contributed by atoms with Crippen LogP contribution < -0.4 is 5.73 Å². The number of ether oxygens (including phenoxy) is 1. The highest BCUT2D eigenvalue weighted by molar-refractivity contribution is 5.39. The molecule has 0 amide bonds. The van der Waals surface area contributed by atoms with Crippen LogP contribution in [0.5, 0.6) is 0 Å². The zero-order valence-electron chi connectivity index (χ0n) is 12.1. The Morgan fingerprint density at radius 3 is 2.58 bits per heavy atom. The number of nitrogens with zero attached hydrogens (tertiary/aromatic N) is 1. The molecular weight excluding hydrogens is 236 g/mol. The summed E-state index contributed by atoms with van der Waals surface area (Å²) >= 11 is 0. The van der Waals surface area contributed by atoms with Gasteiger partial charge in [0, 0.05) is 31.4 Å². The Morgan fingerprint density at radius 1 is 1.26 bits per heavy atom. The highest BCUT2D eigenvalue weighted by atomic mass is 16.5. The Hall–Kier alpha value is -1.06. The Morgan fingerprint density at radius 2 is 2.00 bits per heavy atom. The summed E-state index contributed by atoms with van der Waals surface area (Å²) in [6, 6.07) is 8.72. The number of nitrogens with two attached hydrogens (primary N) is 1. The van der Waals surface area contributed by atoms with Crippen molar-refractivity contribution in [1.82, 2.24) is 4.90 Å². The van der Waals surface area contributed by atoms with Crippen LogP contribution in [0, 0.1) is 0 Å². The number of hydrogen-bond donors (Lipinski definition) is 1. The smallest absolute Gasteiger partial charge is 0.0702 e. The Bertz CT molecular complexity index is 369. The van der Waals surface area contributed by atoms with Crippen LogP contribution in [0.1, 0.15) is 38.7 Å². The van der Waals surface area contributed by atoms with E-state index in [1.807, 2.05) is 12.1 Å². The molecule has 1 fully saturated rings. The average Bonchev–Trinajstić information content (AvgIpc) is 2.41. The SMILES string of the molecule is CC(C)N(Cc1ccc(N)cc1)C[C@H]1CCCCO1. The van der Waals surface area contributed by atoms with Gasteiger partial charge in [-0.05, 0) is 50.8 Å². The first-order valence-corrected chi connectivity index (χ1v) is 7.35. The second-order valence-corrected chi connectivity index (χ2v) is 5.75. The van der Waals surface area contributed by atoms with Crippen LogP contribution in [0.3, 0.4) is 0 Å². The van der Waals surface area contributed by atoms with E-state index in [1.54, 1.807) is 0 Å². The molecule has 0 aliphatic carbocycles. The van der Waals surface area contributed by atoms with Gasteiger partial charge in [-0.25, -0.2) is 0 Å². The molecule has 2 N–H and O–H groups in total. The van der Waals surface area contributed by atoms with Gasteiger partial charge in [0.2, 0.25) is 0 Å². The predicted octanol–water partition coefficient (Wildman–Crippen LogP) is 3.05. The first-order valence-electron chi connectivity index (χ1n) is 7.35. The second kappa shape index (κ2) is 6.92. The first-order chi connectivity index (χ1) is 9.15. The fourth-order valence-corrected chi connectivity index (χ4v) is 2.53. The van der Waals surface area contributed by atoms with Crippen LogP contribution in [-0.4, -0.2) is 30.2 Å². The minimum Gasteiger partial charge on any atom is -0.399 e. The zero-order valence-corrected chi connectivity index (χ0v) is 12.1. The molecule has 3 heteroatoms. The molecule has 0 radical (unpaired) electrons. The first kappa shape index (κ1) is 14.4. The van der Waals surface area contributed by atoms with Crippen molar-refractivity contribution in [2.45, 2.75) is 51.8 Å². The molecule has 1 heterocycles. The van der Waals surface area contributed by atoms with Crippen LogP contribution in [0.2, 0.25) is 0 Å². The quantitative estimate of drug-likeness (QED) is 0.829. The van der Waals surface area contributed by atoms with E-state index in [0.29, 0.717) is 12.1 Å². The monoisotopic (exact) mass is 262 g/mol. The average molecular weight is 262 g/mol. The van der Waals surface area contributed by atoms with Crippen LogP contribution in [-0.2, 0) is 11.3 Å². The molecule has 0 aromatic heterocycles. The molecule has 1 atom stereocenters. The third kappa shape index (κ3) is 4.51. The maximum atomic E-state index is 5.85. The van der Waals surface area contributed by atoms with Gasteiger partial charge in [-0.15, -0.1) is 0 Å². The number of nitrogen functional groups attached to an aromatic ring is 1. The maximum absolute atomic E-state index is 5.85. The Labute approximate surface area is 116 Å². The van der Waals surface area contributed by atoms with E-state index in [2.05, 4.69) is 30.9 Å². The van der Waals surface area contributed by atoms with Gasteiger partial charge in [0.05, 0.1) is 6.10 Å². The second-order valence-electron chi connectivity index (χ2n) is 5.75. The van der Waals surface area contributed by atoms with E-state index in [9.17, 15) is 0 Å². The summed E-state index contributed by atoms with van der Waals surface area (Å²) in [5, 5.41) is 0. The topological polar surface area (TPSA) is 38.5 Å². The largest absolute Gasteiger partial charge is 0.399 e. The van der Waals surface area contributed by atoms with E-state index < -0.39 is 0 Å². The lowest BCUT2D eigenvalue weighted by Crippen LogP contribution is -2.39. The van der Waals surface area contributed by atoms with Crippen molar-refractivity contribution in [3.63, 3.8) is 0 Å². The minimum atomic E-state index is 0.407. The normalized spacial score (nSPS) is 20.1. The molecule has 1 aliphatic heterocycles. The molecule has 0 bridgehead atoms. The molecule has 19 heavy (non-hydrogen) atoms. The molecule has 106 valence electrons. The highest BCUT2D eigenvalue weighted by Gasteiger charge is 2.19.